The van der Waals surface area contributed by atoms with Gasteiger partial charge in [0, 0.05) is 0 Å². The zero-order chi connectivity index (χ0) is 4.99. The van der Waals surface area contributed by atoms with Crippen molar-refractivity contribution in [1.82, 2.24) is 0 Å². The van der Waals surface area contributed by atoms with Crippen molar-refractivity contribution < 1.29 is 0 Å². The maximum atomic E-state index is 2.87. The standard InChI is InChI=1S/C4H10P.Al/c1-3-5-4-2;/h3-4H2,1-2H3;/q-1;+2. The minimum absolute atomic E-state index is 0.341. The van der Waals surface area contributed by atoms with Crippen LogP contribution < -0.4 is 0 Å². The molecule has 1 radical (unpaired) electrons. The summed E-state index contributed by atoms with van der Waals surface area (Å²) in [4.78, 5) is 0. The van der Waals surface area contributed by atoms with Crippen molar-refractivity contribution in [3.63, 3.8) is 0 Å². The summed E-state index contributed by atoms with van der Waals surface area (Å²) in [5.74, 6) is 0. The first-order valence-electron chi connectivity index (χ1n) is 2.30. The van der Waals surface area contributed by atoms with Gasteiger partial charge in [-0.3, -0.25) is 0 Å². The number of hydrogen-bond donors (Lipinski definition) is 0. The van der Waals surface area contributed by atoms with E-state index in [9.17, 15) is 0 Å². The molecule has 0 amide bonds. The summed E-state index contributed by atoms with van der Waals surface area (Å²) in [5.41, 5.74) is 0. The van der Waals surface area contributed by atoms with Crippen molar-refractivity contribution in [2.45, 2.75) is 13.8 Å². The van der Waals surface area contributed by atoms with Crippen molar-refractivity contribution in [2.24, 2.45) is 0 Å². The molecule has 0 heterocycles. The van der Waals surface area contributed by atoms with Gasteiger partial charge in [0.25, 0.3) is 0 Å². The van der Waals surface area contributed by atoms with Gasteiger partial charge in [-0.2, -0.15) is 0 Å². The molecule has 0 N–H and O–H groups in total. The van der Waals surface area contributed by atoms with Gasteiger partial charge in [-0.05, 0) is 0 Å². The van der Waals surface area contributed by atoms with Gasteiger partial charge in [-0.25, -0.2) is 0 Å². The summed E-state index contributed by atoms with van der Waals surface area (Å²) in [6.07, 6.45) is 3.06. The normalized spacial score (nSPS) is 8.17. The summed E-state index contributed by atoms with van der Waals surface area (Å²) in [6.45, 7) is 4.48. The van der Waals surface area contributed by atoms with Crippen molar-refractivity contribution >= 4 is 21.5 Å². The van der Waals surface area contributed by atoms with Gasteiger partial charge < -0.3 is 0 Å². The zero-order valence-corrected chi connectivity index (χ0v) is 6.49. The fourth-order valence-corrected chi connectivity index (χ4v) is 0.671. The fourth-order valence-electron chi connectivity index (χ4n) is 0.224. The molecule has 0 aromatic rings. The molecule has 0 fully saturated rings. The van der Waals surface area contributed by atoms with Crippen LogP contribution in [0.3, 0.4) is 0 Å². The van der Waals surface area contributed by atoms with E-state index >= 15 is 0 Å². The van der Waals surface area contributed by atoms with Crippen molar-refractivity contribution in [3.05, 3.63) is 0 Å². The van der Waals surface area contributed by atoms with Gasteiger partial charge in [0.15, 0.2) is 0 Å². The molecule has 0 aliphatic heterocycles. The SMILES string of the molecule is CC[P+](=[Al])CC. The van der Waals surface area contributed by atoms with Gasteiger partial charge in [0.05, 0.1) is 0 Å². The van der Waals surface area contributed by atoms with E-state index in [0.717, 1.165) is 0 Å². The predicted molar refractivity (Wildman–Crippen MR) is 33.8 cm³/mol. The van der Waals surface area contributed by atoms with Crippen LogP contribution in [0.4, 0.5) is 0 Å². The zero-order valence-electron chi connectivity index (χ0n) is 4.44. The molecular formula is C4H10AlP+. The van der Waals surface area contributed by atoms with E-state index in [-0.39, 0.29) is 0 Å². The topological polar surface area (TPSA) is 0 Å². The molecule has 0 aromatic carbocycles. The second-order valence-electron chi connectivity index (χ2n) is 1.22. The molecule has 0 saturated heterocycles. The number of hydrogen-bond acceptors (Lipinski definition) is 0. The molecule has 0 aromatic heterocycles. The Labute approximate surface area is 48.2 Å². The monoisotopic (exact) mass is 116 g/mol. The molecule has 0 aliphatic carbocycles. The Hall–Kier alpha value is 0.832. The van der Waals surface area contributed by atoms with E-state index in [1.54, 1.807) is 0 Å². The van der Waals surface area contributed by atoms with Gasteiger partial charge in [-0.15, -0.1) is 0 Å². The van der Waals surface area contributed by atoms with E-state index in [2.05, 4.69) is 29.2 Å². The van der Waals surface area contributed by atoms with Crippen molar-refractivity contribution in [1.29, 1.82) is 0 Å². The van der Waals surface area contributed by atoms with E-state index in [4.69, 9.17) is 0 Å². The Kier molecular flexibility index (Phi) is 4.56. The molecule has 2 heteroatoms. The first-order valence-corrected chi connectivity index (χ1v) is 5.64. The second-order valence-corrected chi connectivity index (χ2v) is 5.85. The third-order valence-corrected chi connectivity index (χ3v) is 4.63. The Morgan fingerprint density at radius 2 is 1.67 bits per heavy atom. The van der Waals surface area contributed by atoms with Crippen LogP contribution in [0.2, 0.25) is 0 Å². The Bertz CT molecular complexity index is 45.5. The van der Waals surface area contributed by atoms with Gasteiger partial charge in [-0.1, -0.05) is 0 Å². The third-order valence-electron chi connectivity index (χ3n) is 0.812. The van der Waals surface area contributed by atoms with E-state index in [1.165, 1.54) is 12.3 Å². The van der Waals surface area contributed by atoms with Crippen LogP contribution in [0.5, 0.6) is 0 Å². The van der Waals surface area contributed by atoms with Crippen molar-refractivity contribution in [2.75, 3.05) is 12.3 Å². The average Bonchev–Trinajstić information content (AvgIpc) is 1.65. The summed E-state index contributed by atoms with van der Waals surface area (Å²) in [6, 6.07) is 0. The van der Waals surface area contributed by atoms with E-state index in [0.29, 0.717) is 6.12 Å². The van der Waals surface area contributed by atoms with E-state index in [1.807, 2.05) is 0 Å². The first-order chi connectivity index (χ1) is 2.81. The molecule has 0 saturated carbocycles. The summed E-state index contributed by atoms with van der Waals surface area (Å²) >= 11 is 2.87. The summed E-state index contributed by atoms with van der Waals surface area (Å²) < 4.78 is 0. The molecule has 0 unspecified atom stereocenters. The summed E-state index contributed by atoms with van der Waals surface area (Å²) in [5, 5.41) is 0. The quantitative estimate of drug-likeness (QED) is 0.379. The molecule has 0 rings (SSSR count). The minimum atomic E-state index is 0.341. The second kappa shape index (κ2) is 4.00. The van der Waals surface area contributed by atoms with Gasteiger partial charge in [0.2, 0.25) is 0 Å². The van der Waals surface area contributed by atoms with Crippen molar-refractivity contribution in [3.8, 4) is 0 Å². The molecule has 0 spiro atoms. The molecule has 0 bridgehead atoms. The molecule has 0 nitrogen and oxygen atoms in total. The Morgan fingerprint density at radius 3 is 1.67 bits per heavy atom. The molecular weight excluding hydrogens is 106 g/mol. The fraction of sp³-hybridized carbons (Fsp3) is 1.00. The molecule has 0 atom stereocenters. The van der Waals surface area contributed by atoms with Crippen LogP contribution in [0, 0.1) is 0 Å². The molecule has 0 aliphatic rings. The van der Waals surface area contributed by atoms with Crippen LogP contribution in [-0.4, -0.2) is 27.7 Å². The number of rotatable bonds is 2. The average molecular weight is 116 g/mol. The first kappa shape index (κ1) is 6.83. The van der Waals surface area contributed by atoms with Crippen LogP contribution in [0.1, 0.15) is 13.8 Å². The molecule has 6 heavy (non-hydrogen) atoms. The van der Waals surface area contributed by atoms with Crippen LogP contribution >= 0.6 is 6.12 Å². The van der Waals surface area contributed by atoms with Crippen LogP contribution in [0.25, 0.3) is 0 Å². The van der Waals surface area contributed by atoms with E-state index < -0.39 is 0 Å². The third kappa shape index (κ3) is 3.04. The Balaban J connectivity index is 2.99. The molecule has 33 valence electrons. The van der Waals surface area contributed by atoms with Crippen LogP contribution in [-0.2, 0) is 0 Å². The van der Waals surface area contributed by atoms with Crippen LogP contribution in [0.15, 0.2) is 0 Å². The Morgan fingerprint density at radius 1 is 1.33 bits per heavy atom. The van der Waals surface area contributed by atoms with Gasteiger partial charge >= 0.3 is 47.7 Å². The predicted octanol–water partition coefficient (Wildman–Crippen LogP) is 1.59. The van der Waals surface area contributed by atoms with Gasteiger partial charge in [0.1, 0.15) is 0 Å². The summed E-state index contributed by atoms with van der Waals surface area (Å²) in [7, 11) is 0. The maximum absolute atomic E-state index is 2.87.